The smallest absolute Gasteiger partial charge is 0.324 e. The van der Waals surface area contributed by atoms with Gasteiger partial charge in [0.05, 0.1) is 6.16 Å². The molecule has 0 amide bonds. The van der Waals surface area contributed by atoms with Crippen LogP contribution in [0.1, 0.15) is 6.42 Å². The molecule has 0 fully saturated rings. The Kier molecular flexibility index (Phi) is 11.6. The van der Waals surface area contributed by atoms with Crippen molar-refractivity contribution in [1.29, 1.82) is 0 Å². The first kappa shape index (κ1) is 44.8. The Morgan fingerprint density at radius 2 is 0.630 bits per heavy atom. The van der Waals surface area contributed by atoms with Crippen LogP contribution in [0.15, 0.2) is 0 Å². The number of hydrogen-bond acceptors (Lipinski definition) is 2. The predicted molar refractivity (Wildman–Crippen MR) is 99.3 cm³/mol. The Morgan fingerprint density at radius 1 is 0.391 bits per heavy atom. The highest BCUT2D eigenvalue weighted by molar-refractivity contribution is 7.99. The van der Waals surface area contributed by atoms with Gasteiger partial charge in [-0.05, 0) is 5.75 Å². The second-order valence-corrected chi connectivity index (χ2v) is 11.7. The highest BCUT2D eigenvalue weighted by atomic mass is 32.2. The summed E-state index contributed by atoms with van der Waals surface area (Å²) in [4.78, 5) is 16.9. The fraction of sp³-hybridized carbons (Fsp3) is 1.00. The molecular formula is C16H10F25O3PS. The Balaban J connectivity index is 6.94. The van der Waals surface area contributed by atoms with Crippen LogP contribution in [0.4, 0.5) is 110 Å². The topological polar surface area (TPSA) is 57.5 Å². The zero-order chi connectivity index (χ0) is 38.0. The lowest BCUT2D eigenvalue weighted by Crippen LogP contribution is -2.78. The molecular weight excluding hydrogens is 778 g/mol. The molecule has 0 radical (unpaired) electrons. The molecule has 46 heavy (non-hydrogen) atoms. The van der Waals surface area contributed by atoms with Crippen molar-refractivity contribution in [3.63, 3.8) is 0 Å². The molecule has 0 rings (SSSR count). The summed E-state index contributed by atoms with van der Waals surface area (Å²) in [5.74, 6) is -101. The van der Waals surface area contributed by atoms with Gasteiger partial charge in [0.25, 0.3) is 0 Å². The lowest BCUT2D eigenvalue weighted by Gasteiger charge is -2.45. The molecule has 0 heterocycles. The highest BCUT2D eigenvalue weighted by Crippen LogP contribution is 2.67. The van der Waals surface area contributed by atoms with Crippen LogP contribution < -0.4 is 0 Å². The minimum absolute atomic E-state index is 0.280. The largest absolute Gasteiger partial charge is 0.460 e. The Morgan fingerprint density at radius 3 is 0.870 bits per heavy atom. The van der Waals surface area contributed by atoms with Gasteiger partial charge in [-0.3, -0.25) is 4.57 Å². The van der Waals surface area contributed by atoms with Gasteiger partial charge in [0.15, 0.2) is 0 Å². The van der Waals surface area contributed by atoms with Gasteiger partial charge in [-0.15, -0.1) is 0 Å². The zero-order valence-corrected chi connectivity index (χ0v) is 22.1. The molecule has 0 atom stereocenters. The van der Waals surface area contributed by atoms with E-state index in [9.17, 15) is 114 Å². The summed E-state index contributed by atoms with van der Waals surface area (Å²) in [7, 11) is -4.94. The van der Waals surface area contributed by atoms with Gasteiger partial charge in [0.2, 0.25) is 0 Å². The molecule has 0 spiro atoms. The van der Waals surface area contributed by atoms with E-state index in [-0.39, 0.29) is 11.8 Å². The number of alkyl halides is 25. The van der Waals surface area contributed by atoms with E-state index in [4.69, 9.17) is 9.79 Å². The van der Waals surface area contributed by atoms with Crippen LogP contribution in [0.25, 0.3) is 0 Å². The number of thioether (sulfide) groups is 1. The molecule has 0 bridgehead atoms. The van der Waals surface area contributed by atoms with E-state index in [0.717, 1.165) is 0 Å². The van der Waals surface area contributed by atoms with Gasteiger partial charge in [0, 0.05) is 12.2 Å². The first-order valence-corrected chi connectivity index (χ1v) is 13.3. The van der Waals surface area contributed by atoms with Gasteiger partial charge in [-0.1, -0.05) is 0 Å². The van der Waals surface area contributed by atoms with Crippen LogP contribution in [0.5, 0.6) is 0 Å². The van der Waals surface area contributed by atoms with E-state index in [1.165, 1.54) is 0 Å². The average molecular weight is 788 g/mol. The summed E-state index contributed by atoms with van der Waals surface area (Å²) in [6.45, 7) is 0. The van der Waals surface area contributed by atoms with E-state index < -0.39 is 103 Å². The number of rotatable bonds is 16. The molecule has 30 heteroatoms. The van der Waals surface area contributed by atoms with Crippen LogP contribution in [-0.2, 0) is 4.57 Å². The van der Waals surface area contributed by atoms with Crippen molar-refractivity contribution in [2.45, 2.75) is 77.7 Å². The third kappa shape index (κ3) is 6.42. The van der Waals surface area contributed by atoms with Gasteiger partial charge in [-0.25, -0.2) is 0 Å². The third-order valence-electron chi connectivity index (χ3n) is 5.45. The van der Waals surface area contributed by atoms with E-state index in [1.807, 2.05) is 0 Å². The molecule has 0 saturated carbocycles. The fourth-order valence-electron chi connectivity index (χ4n) is 2.63. The Hall–Kier alpha value is -1.25. The molecule has 0 aliphatic heterocycles. The van der Waals surface area contributed by atoms with Crippen LogP contribution in [0.3, 0.4) is 0 Å². The number of hydrogen-bond donors (Lipinski definition) is 2. The first-order chi connectivity index (χ1) is 19.5. The van der Waals surface area contributed by atoms with Crippen LogP contribution in [-0.4, -0.2) is 98.8 Å². The van der Waals surface area contributed by atoms with Crippen molar-refractivity contribution in [3.05, 3.63) is 0 Å². The van der Waals surface area contributed by atoms with Gasteiger partial charge < -0.3 is 9.79 Å². The van der Waals surface area contributed by atoms with Crippen molar-refractivity contribution in [1.82, 2.24) is 0 Å². The normalized spacial score (nSPS) is 16.7. The summed E-state index contributed by atoms with van der Waals surface area (Å²) in [5.41, 5.74) is 0. The average Bonchev–Trinajstić information content (AvgIpc) is 2.80. The maximum atomic E-state index is 13.8. The number of halogens is 25. The molecule has 278 valence electrons. The van der Waals surface area contributed by atoms with Crippen molar-refractivity contribution in [3.8, 4) is 0 Å². The minimum Gasteiger partial charge on any atom is -0.324 e. The Bertz CT molecular complexity index is 1120. The molecule has 0 aromatic heterocycles. The van der Waals surface area contributed by atoms with Crippen LogP contribution in [0.2, 0.25) is 0 Å². The predicted octanol–water partition coefficient (Wildman–Crippen LogP) is 8.84. The molecule has 0 aromatic rings. The third-order valence-corrected chi connectivity index (χ3v) is 7.55. The quantitative estimate of drug-likeness (QED) is 0.0934. The molecule has 0 aliphatic rings. The van der Waals surface area contributed by atoms with Gasteiger partial charge in [0.1, 0.15) is 0 Å². The molecule has 2 N–H and O–H groups in total. The molecule has 0 unspecified atom stereocenters. The summed E-state index contributed by atoms with van der Waals surface area (Å²) in [6.07, 6.45) is -12.4. The minimum atomic E-state index is -9.63. The van der Waals surface area contributed by atoms with Crippen molar-refractivity contribution in [2.24, 2.45) is 0 Å². The van der Waals surface area contributed by atoms with E-state index >= 15 is 0 Å². The van der Waals surface area contributed by atoms with Crippen molar-refractivity contribution < 1.29 is 124 Å². The van der Waals surface area contributed by atoms with Gasteiger partial charge in [-0.2, -0.15) is 122 Å². The molecule has 0 saturated heterocycles. The summed E-state index contributed by atoms with van der Waals surface area (Å²) < 4.78 is 345. The highest BCUT2D eigenvalue weighted by Gasteiger charge is 2.99. The lowest BCUT2D eigenvalue weighted by molar-refractivity contribution is -0.482. The standard InChI is InChI=1S/C16H10F25O3PS/c17-5(18,1-3-46-4-2-45(42,43)44)6(19,20)7(21,22)8(23,24)9(25,26)10(27,28)11(29,30)12(31,32)13(33,34)14(35,36)15(37,38)16(39,40)41/h1-4H2,(H2,42,43,44). The van der Waals surface area contributed by atoms with E-state index in [0.29, 0.717) is 0 Å². The van der Waals surface area contributed by atoms with E-state index in [1.54, 1.807) is 0 Å². The molecule has 0 aromatic carbocycles. The first-order valence-electron chi connectivity index (χ1n) is 10.3. The zero-order valence-electron chi connectivity index (χ0n) is 20.4. The maximum Gasteiger partial charge on any atom is 0.460 e. The monoisotopic (exact) mass is 788 g/mol. The fourth-order valence-corrected chi connectivity index (χ4v) is 4.70. The van der Waals surface area contributed by atoms with Crippen LogP contribution in [0, 0.1) is 0 Å². The Labute approximate surface area is 240 Å². The van der Waals surface area contributed by atoms with Gasteiger partial charge >= 0.3 is 78.9 Å². The second-order valence-electron chi connectivity index (χ2n) is 8.70. The molecule has 3 nitrogen and oxygen atoms in total. The summed E-state index contributed by atoms with van der Waals surface area (Å²) >= 11 is -0.280. The molecule has 0 aliphatic carbocycles. The van der Waals surface area contributed by atoms with Crippen molar-refractivity contribution >= 4 is 19.4 Å². The summed E-state index contributed by atoms with van der Waals surface area (Å²) in [6, 6.07) is 0. The maximum absolute atomic E-state index is 13.8. The van der Waals surface area contributed by atoms with E-state index in [2.05, 4.69) is 0 Å². The van der Waals surface area contributed by atoms with Crippen LogP contribution >= 0.6 is 19.4 Å². The second kappa shape index (κ2) is 12.0. The summed E-state index contributed by atoms with van der Waals surface area (Å²) in [5, 5.41) is 0. The van der Waals surface area contributed by atoms with Crippen molar-refractivity contribution in [2.75, 3.05) is 17.7 Å². The lowest BCUT2D eigenvalue weighted by atomic mass is 9.84. The SMILES string of the molecule is O=P(O)(O)CCSCCC(F)(F)C(F)(F)C(F)(F)C(F)(F)C(F)(F)C(F)(F)C(F)(F)C(F)(F)C(F)(F)C(F)(F)C(F)(F)C(F)(F)F.